The van der Waals surface area contributed by atoms with Gasteiger partial charge in [0.15, 0.2) is 0 Å². The van der Waals surface area contributed by atoms with Crippen LogP contribution in [0.15, 0.2) is 47.4 Å². The predicted octanol–water partition coefficient (Wildman–Crippen LogP) is 5.13. The highest BCUT2D eigenvalue weighted by Crippen LogP contribution is 2.35. The summed E-state index contributed by atoms with van der Waals surface area (Å²) in [6.45, 7) is 0.130. The number of amides is 2. The number of anilines is 1. The minimum absolute atomic E-state index is 0.130. The molecule has 1 saturated heterocycles. The topological polar surface area (TPSA) is 49.9 Å². The number of hydrogen-bond acceptors (Lipinski definition) is 5. The predicted molar refractivity (Wildman–Crippen MR) is 111 cm³/mol. The Kier molecular flexibility index (Phi) is 5.99. The van der Waals surface area contributed by atoms with Gasteiger partial charge in [-0.05, 0) is 54.2 Å². The maximum atomic E-state index is 12.7. The molecule has 0 atom stereocenters. The second kappa shape index (κ2) is 8.25. The number of benzene rings is 2. The smallest absolute Gasteiger partial charge is 0.295 e. The van der Waals surface area contributed by atoms with E-state index < -0.39 is 0 Å². The van der Waals surface area contributed by atoms with Crippen LogP contribution < -0.4 is 9.64 Å². The van der Waals surface area contributed by atoms with E-state index in [4.69, 9.17) is 27.9 Å². The van der Waals surface area contributed by atoms with Crippen molar-refractivity contribution in [2.45, 2.75) is 0 Å². The number of imide groups is 1. The first-order valence-corrected chi connectivity index (χ1v) is 9.52. The fraction of sp³-hybridized carbons (Fsp3) is 0.158. The molecule has 27 heavy (non-hydrogen) atoms. The first-order valence-electron chi connectivity index (χ1n) is 7.95. The number of nitrogens with zero attached hydrogens (tertiary/aromatic N) is 2. The molecule has 0 aromatic heterocycles. The first-order chi connectivity index (χ1) is 12.9. The fourth-order valence-corrected chi connectivity index (χ4v) is 3.85. The van der Waals surface area contributed by atoms with Crippen LogP contribution in [0.5, 0.6) is 5.75 Å². The van der Waals surface area contributed by atoms with Gasteiger partial charge in [0.25, 0.3) is 11.1 Å². The molecule has 1 fully saturated rings. The van der Waals surface area contributed by atoms with E-state index in [-0.39, 0.29) is 22.7 Å². The summed E-state index contributed by atoms with van der Waals surface area (Å²) < 4.78 is 5.14. The van der Waals surface area contributed by atoms with Gasteiger partial charge in [-0.25, -0.2) is 4.90 Å². The molecule has 0 saturated carbocycles. The summed E-state index contributed by atoms with van der Waals surface area (Å²) in [5, 5.41) is 0.504. The Hall–Kier alpha value is -2.15. The van der Waals surface area contributed by atoms with Crippen molar-refractivity contribution >= 4 is 57.9 Å². The number of carbonyl (C=O) groups is 2. The lowest BCUT2D eigenvalue weighted by Crippen LogP contribution is -2.38. The summed E-state index contributed by atoms with van der Waals surface area (Å²) in [4.78, 5) is 28.3. The Bertz CT molecular complexity index is 895. The van der Waals surface area contributed by atoms with E-state index in [1.54, 1.807) is 43.3 Å². The van der Waals surface area contributed by atoms with Crippen LogP contribution in [0.1, 0.15) is 5.56 Å². The maximum Gasteiger partial charge on any atom is 0.295 e. The zero-order valence-electron chi connectivity index (χ0n) is 14.6. The van der Waals surface area contributed by atoms with E-state index in [0.29, 0.717) is 15.6 Å². The van der Waals surface area contributed by atoms with Crippen LogP contribution >= 0.6 is 35.0 Å². The molecule has 2 aromatic rings. The summed E-state index contributed by atoms with van der Waals surface area (Å²) in [7, 11) is 3.40. The zero-order valence-corrected chi connectivity index (χ0v) is 16.9. The van der Waals surface area contributed by atoms with Crippen molar-refractivity contribution in [3.63, 3.8) is 0 Å². The minimum Gasteiger partial charge on any atom is -0.497 e. The highest BCUT2D eigenvalue weighted by atomic mass is 35.5. The molecule has 0 unspecified atom stereocenters. The van der Waals surface area contributed by atoms with Gasteiger partial charge in [-0.1, -0.05) is 29.3 Å². The maximum absolute atomic E-state index is 12.7. The molecular weight excluding hydrogens is 407 g/mol. The first kappa shape index (κ1) is 19.6. The number of hydrogen-bond donors (Lipinski definition) is 0. The molecular formula is C19H16Cl2N2O3S. The van der Waals surface area contributed by atoms with Gasteiger partial charge >= 0.3 is 0 Å². The van der Waals surface area contributed by atoms with Crippen molar-refractivity contribution in [1.29, 1.82) is 0 Å². The van der Waals surface area contributed by atoms with Crippen LogP contribution in [0.3, 0.4) is 0 Å². The van der Waals surface area contributed by atoms with Crippen LogP contribution in [0.25, 0.3) is 6.08 Å². The quantitative estimate of drug-likeness (QED) is 0.624. The molecule has 1 heterocycles. The Morgan fingerprint density at radius 2 is 1.74 bits per heavy atom. The van der Waals surface area contributed by atoms with Crippen LogP contribution in [0, 0.1) is 0 Å². The van der Waals surface area contributed by atoms with Crippen LogP contribution in [0.4, 0.5) is 10.5 Å². The number of thioether (sulfide) groups is 1. The Balaban J connectivity index is 1.78. The Morgan fingerprint density at radius 1 is 1.11 bits per heavy atom. The van der Waals surface area contributed by atoms with Crippen molar-refractivity contribution in [3.8, 4) is 5.75 Å². The van der Waals surface area contributed by atoms with Gasteiger partial charge in [-0.3, -0.25) is 9.59 Å². The lowest BCUT2D eigenvalue weighted by molar-refractivity contribution is -0.122. The van der Waals surface area contributed by atoms with Crippen molar-refractivity contribution < 1.29 is 14.3 Å². The molecule has 0 radical (unpaired) electrons. The van der Waals surface area contributed by atoms with Crippen molar-refractivity contribution in [2.75, 3.05) is 25.7 Å². The zero-order chi connectivity index (χ0) is 19.6. The molecule has 8 heteroatoms. The van der Waals surface area contributed by atoms with Gasteiger partial charge in [-0.2, -0.15) is 0 Å². The normalized spacial score (nSPS) is 15.6. The van der Waals surface area contributed by atoms with Gasteiger partial charge in [0.1, 0.15) is 12.4 Å². The summed E-state index contributed by atoms with van der Waals surface area (Å²) in [6, 6.07) is 12.4. The number of halogens is 2. The van der Waals surface area contributed by atoms with Crippen LogP contribution in [0.2, 0.25) is 10.0 Å². The van der Waals surface area contributed by atoms with E-state index in [0.717, 1.165) is 23.2 Å². The third kappa shape index (κ3) is 4.24. The minimum atomic E-state index is -0.374. The van der Waals surface area contributed by atoms with E-state index in [2.05, 4.69) is 0 Å². The Morgan fingerprint density at radius 3 is 2.33 bits per heavy atom. The summed E-state index contributed by atoms with van der Waals surface area (Å²) in [6.07, 6.45) is 1.56. The van der Waals surface area contributed by atoms with E-state index in [9.17, 15) is 9.59 Å². The number of ether oxygens (including phenoxy) is 1. The molecule has 0 aliphatic carbocycles. The molecule has 1 aliphatic heterocycles. The molecule has 2 amide bonds. The highest BCUT2D eigenvalue weighted by molar-refractivity contribution is 8.18. The average molecular weight is 423 g/mol. The van der Waals surface area contributed by atoms with Gasteiger partial charge in [0, 0.05) is 28.3 Å². The van der Waals surface area contributed by atoms with Crippen molar-refractivity contribution in [3.05, 3.63) is 63.0 Å². The molecule has 5 nitrogen and oxygen atoms in total. The van der Waals surface area contributed by atoms with E-state index in [1.807, 2.05) is 24.3 Å². The van der Waals surface area contributed by atoms with Gasteiger partial charge in [0.2, 0.25) is 0 Å². The van der Waals surface area contributed by atoms with Crippen LogP contribution in [-0.2, 0) is 4.79 Å². The molecule has 0 N–H and O–H groups in total. The van der Waals surface area contributed by atoms with E-state index in [1.165, 1.54) is 4.90 Å². The summed E-state index contributed by atoms with van der Waals surface area (Å²) in [5.74, 6) is 0.360. The molecule has 0 bridgehead atoms. The molecule has 1 aliphatic rings. The van der Waals surface area contributed by atoms with Gasteiger partial charge in [-0.15, -0.1) is 0 Å². The SMILES string of the molecule is COc1ccc(N(C)CN2C(=O)S/C(=C\c3c(Cl)cccc3Cl)C2=O)cc1. The summed E-state index contributed by atoms with van der Waals surface area (Å²) >= 11 is 13.2. The lowest BCUT2D eigenvalue weighted by atomic mass is 10.2. The summed E-state index contributed by atoms with van der Waals surface area (Å²) in [5.41, 5.74) is 1.38. The Labute approximate surface area is 171 Å². The second-order valence-corrected chi connectivity index (χ2v) is 7.59. The second-order valence-electron chi connectivity index (χ2n) is 5.78. The highest BCUT2D eigenvalue weighted by Gasteiger charge is 2.36. The molecule has 140 valence electrons. The third-order valence-electron chi connectivity index (χ3n) is 4.02. The largest absolute Gasteiger partial charge is 0.497 e. The molecule has 2 aromatic carbocycles. The standard InChI is InChI=1S/C19H16Cl2N2O3S/c1-22(12-6-8-13(26-2)9-7-12)11-23-18(24)17(27-19(23)25)10-14-15(20)4-3-5-16(14)21/h3-10H,11H2,1-2H3/b17-10-. The van der Waals surface area contributed by atoms with Gasteiger partial charge in [0.05, 0.1) is 12.0 Å². The molecule has 3 rings (SSSR count). The monoisotopic (exact) mass is 422 g/mol. The fourth-order valence-electron chi connectivity index (χ4n) is 2.53. The van der Waals surface area contributed by atoms with Crippen molar-refractivity contribution in [1.82, 2.24) is 4.90 Å². The third-order valence-corrected chi connectivity index (χ3v) is 5.58. The number of methoxy groups -OCH3 is 1. The lowest BCUT2D eigenvalue weighted by Gasteiger charge is -2.24. The van der Waals surface area contributed by atoms with Crippen LogP contribution in [-0.4, -0.2) is 36.9 Å². The number of rotatable bonds is 5. The van der Waals surface area contributed by atoms with Crippen molar-refractivity contribution in [2.24, 2.45) is 0 Å². The average Bonchev–Trinajstić information content (AvgIpc) is 2.92. The number of carbonyl (C=O) groups excluding carboxylic acids is 2. The molecule has 0 spiro atoms. The van der Waals surface area contributed by atoms with E-state index >= 15 is 0 Å². The van der Waals surface area contributed by atoms with Gasteiger partial charge < -0.3 is 9.64 Å².